The lowest BCUT2D eigenvalue weighted by Gasteiger charge is -2.18. The predicted octanol–water partition coefficient (Wildman–Crippen LogP) is 2.11. The number of hydrogen-bond acceptors (Lipinski definition) is 5. The first kappa shape index (κ1) is 16.7. The van der Waals surface area contributed by atoms with Crippen LogP contribution in [0.15, 0.2) is 39.5 Å². The van der Waals surface area contributed by atoms with Crippen molar-refractivity contribution in [2.45, 2.75) is 26.3 Å². The number of rotatable bonds is 5. The van der Waals surface area contributed by atoms with E-state index < -0.39 is 23.5 Å². The van der Waals surface area contributed by atoms with Gasteiger partial charge in [0.05, 0.1) is 7.11 Å². The van der Waals surface area contributed by atoms with Gasteiger partial charge in [-0.3, -0.25) is 4.79 Å². The number of methoxy groups -OCH3 is 1. The molecule has 1 heterocycles. The first-order valence-electron chi connectivity index (χ1n) is 7.34. The molecule has 0 fully saturated rings. The molecule has 0 saturated carbocycles. The summed E-state index contributed by atoms with van der Waals surface area (Å²) in [7, 11) is 1.26. The zero-order chi connectivity index (χ0) is 17.0. The smallest absolute Gasteiger partial charge is 0.349 e. The van der Waals surface area contributed by atoms with Crippen molar-refractivity contribution in [1.82, 2.24) is 5.32 Å². The van der Waals surface area contributed by atoms with Crippen LogP contribution in [0.25, 0.3) is 11.0 Å². The van der Waals surface area contributed by atoms with Crippen LogP contribution in [0.3, 0.4) is 0 Å². The van der Waals surface area contributed by atoms with Crippen molar-refractivity contribution in [1.29, 1.82) is 0 Å². The summed E-state index contributed by atoms with van der Waals surface area (Å²) in [6.07, 6.45) is 0.414. The third-order valence-electron chi connectivity index (χ3n) is 3.38. The van der Waals surface area contributed by atoms with Gasteiger partial charge in [0.1, 0.15) is 17.2 Å². The molecular weight excluding hydrogens is 298 g/mol. The molecule has 2 rings (SSSR count). The minimum Gasteiger partial charge on any atom is -0.467 e. The van der Waals surface area contributed by atoms with Crippen molar-refractivity contribution in [3.05, 3.63) is 46.3 Å². The number of ether oxygens (including phenoxy) is 1. The van der Waals surface area contributed by atoms with E-state index in [1.165, 1.54) is 13.2 Å². The summed E-state index contributed by atoms with van der Waals surface area (Å²) in [6.45, 7) is 3.85. The van der Waals surface area contributed by atoms with Gasteiger partial charge < -0.3 is 14.5 Å². The topological polar surface area (TPSA) is 85.6 Å². The van der Waals surface area contributed by atoms with Gasteiger partial charge in [0.15, 0.2) is 0 Å². The van der Waals surface area contributed by atoms with E-state index in [2.05, 4.69) is 5.32 Å². The molecule has 0 aliphatic heterocycles. The summed E-state index contributed by atoms with van der Waals surface area (Å²) < 4.78 is 9.83. The highest BCUT2D eigenvalue weighted by Crippen LogP contribution is 2.13. The SMILES string of the molecule is COC(=O)[C@H](CC(C)C)NC(=O)c1cc2ccccc2oc1=O. The number of fused-ring (bicyclic) bond motifs is 1. The molecule has 1 amide bonds. The summed E-state index contributed by atoms with van der Waals surface area (Å²) in [4.78, 5) is 36.1. The van der Waals surface area contributed by atoms with E-state index in [0.717, 1.165) is 0 Å². The van der Waals surface area contributed by atoms with E-state index in [0.29, 0.717) is 17.4 Å². The standard InChI is InChI=1S/C17H19NO5/c1-10(2)8-13(17(21)22-3)18-15(19)12-9-11-6-4-5-7-14(11)23-16(12)20/h4-7,9-10,13H,8H2,1-3H3,(H,18,19)/t13-/m0/s1. The van der Waals surface area contributed by atoms with Crippen LogP contribution in [0.1, 0.15) is 30.6 Å². The Morgan fingerprint density at radius 1 is 1.26 bits per heavy atom. The van der Waals surface area contributed by atoms with E-state index >= 15 is 0 Å². The van der Waals surface area contributed by atoms with Gasteiger partial charge in [-0.25, -0.2) is 9.59 Å². The average Bonchev–Trinajstić information content (AvgIpc) is 2.52. The molecule has 1 aromatic carbocycles. The molecule has 0 saturated heterocycles. The molecule has 1 atom stereocenters. The number of para-hydroxylation sites is 1. The summed E-state index contributed by atoms with van der Waals surface area (Å²) in [5.41, 5.74) is -0.475. The zero-order valence-corrected chi connectivity index (χ0v) is 13.3. The Hall–Kier alpha value is -2.63. The van der Waals surface area contributed by atoms with Gasteiger partial charge in [0.2, 0.25) is 0 Å². The highest BCUT2D eigenvalue weighted by atomic mass is 16.5. The van der Waals surface area contributed by atoms with Gasteiger partial charge in [-0.05, 0) is 24.5 Å². The van der Waals surface area contributed by atoms with E-state index in [9.17, 15) is 14.4 Å². The van der Waals surface area contributed by atoms with Gasteiger partial charge in [0.25, 0.3) is 5.91 Å². The van der Waals surface area contributed by atoms with Crippen LogP contribution in [0.4, 0.5) is 0 Å². The molecule has 6 heteroatoms. The van der Waals surface area contributed by atoms with Crippen LogP contribution in [-0.2, 0) is 9.53 Å². The van der Waals surface area contributed by atoms with E-state index in [1.807, 2.05) is 13.8 Å². The predicted molar refractivity (Wildman–Crippen MR) is 85.2 cm³/mol. The Kier molecular flexibility index (Phi) is 5.16. The quantitative estimate of drug-likeness (QED) is 0.674. The second-order valence-corrected chi connectivity index (χ2v) is 5.66. The maximum absolute atomic E-state index is 12.3. The van der Waals surface area contributed by atoms with Gasteiger partial charge in [-0.15, -0.1) is 0 Å². The number of esters is 1. The molecule has 2 aromatic rings. The number of nitrogens with one attached hydrogen (secondary N) is 1. The van der Waals surface area contributed by atoms with Crippen LogP contribution in [0.5, 0.6) is 0 Å². The van der Waals surface area contributed by atoms with Crippen LogP contribution >= 0.6 is 0 Å². The van der Waals surface area contributed by atoms with Crippen molar-refractivity contribution >= 4 is 22.8 Å². The number of hydrogen-bond donors (Lipinski definition) is 1. The average molecular weight is 317 g/mol. The Morgan fingerprint density at radius 3 is 2.61 bits per heavy atom. The molecule has 0 aliphatic rings. The van der Waals surface area contributed by atoms with E-state index in [1.54, 1.807) is 24.3 Å². The second kappa shape index (κ2) is 7.09. The third-order valence-corrected chi connectivity index (χ3v) is 3.38. The summed E-state index contributed by atoms with van der Waals surface area (Å²) in [5, 5.41) is 3.18. The summed E-state index contributed by atoms with van der Waals surface area (Å²) in [5.74, 6) is -1.02. The molecule has 1 aromatic heterocycles. The molecule has 0 aliphatic carbocycles. The third kappa shape index (κ3) is 3.97. The van der Waals surface area contributed by atoms with Crippen molar-refractivity contribution < 1.29 is 18.7 Å². The lowest BCUT2D eigenvalue weighted by atomic mass is 10.0. The maximum Gasteiger partial charge on any atom is 0.349 e. The van der Waals surface area contributed by atoms with Crippen molar-refractivity contribution in [3.8, 4) is 0 Å². The summed E-state index contributed by atoms with van der Waals surface area (Å²) >= 11 is 0. The molecule has 23 heavy (non-hydrogen) atoms. The molecule has 0 unspecified atom stereocenters. The lowest BCUT2D eigenvalue weighted by molar-refractivity contribution is -0.143. The molecule has 6 nitrogen and oxygen atoms in total. The van der Waals surface area contributed by atoms with Gasteiger partial charge in [0, 0.05) is 5.39 Å². The maximum atomic E-state index is 12.3. The molecule has 0 bridgehead atoms. The number of carbonyl (C=O) groups is 2. The normalized spacial score (nSPS) is 12.2. The molecular formula is C17H19NO5. The second-order valence-electron chi connectivity index (χ2n) is 5.66. The van der Waals surface area contributed by atoms with Gasteiger partial charge >= 0.3 is 11.6 Å². The van der Waals surface area contributed by atoms with E-state index in [4.69, 9.17) is 9.15 Å². The Balaban J connectivity index is 2.30. The van der Waals surface area contributed by atoms with Crippen LogP contribution in [-0.4, -0.2) is 25.0 Å². The van der Waals surface area contributed by atoms with E-state index in [-0.39, 0.29) is 11.5 Å². The number of carbonyl (C=O) groups excluding carboxylic acids is 2. The Bertz CT molecular complexity index is 778. The highest BCUT2D eigenvalue weighted by Gasteiger charge is 2.24. The largest absolute Gasteiger partial charge is 0.467 e. The fraction of sp³-hybridized carbons (Fsp3) is 0.353. The fourth-order valence-electron chi connectivity index (χ4n) is 2.28. The Morgan fingerprint density at radius 2 is 1.96 bits per heavy atom. The van der Waals surface area contributed by atoms with Crippen molar-refractivity contribution in [2.75, 3.05) is 7.11 Å². The van der Waals surface area contributed by atoms with Crippen LogP contribution in [0, 0.1) is 5.92 Å². The Labute approximate surface area is 133 Å². The molecule has 1 N–H and O–H groups in total. The molecule has 0 radical (unpaired) electrons. The van der Waals surface area contributed by atoms with Gasteiger partial charge in [-0.2, -0.15) is 0 Å². The number of amides is 1. The van der Waals surface area contributed by atoms with Crippen LogP contribution < -0.4 is 10.9 Å². The molecule has 122 valence electrons. The first-order chi connectivity index (χ1) is 10.9. The zero-order valence-electron chi connectivity index (χ0n) is 13.3. The van der Waals surface area contributed by atoms with Crippen molar-refractivity contribution in [2.24, 2.45) is 5.92 Å². The number of benzene rings is 1. The van der Waals surface area contributed by atoms with Crippen molar-refractivity contribution in [3.63, 3.8) is 0 Å². The monoisotopic (exact) mass is 317 g/mol. The van der Waals surface area contributed by atoms with Gasteiger partial charge in [-0.1, -0.05) is 32.0 Å². The molecule has 0 spiro atoms. The first-order valence-corrected chi connectivity index (χ1v) is 7.34. The lowest BCUT2D eigenvalue weighted by Crippen LogP contribution is -2.43. The minimum atomic E-state index is -0.807. The summed E-state index contributed by atoms with van der Waals surface area (Å²) in [6, 6.07) is 7.55. The van der Waals surface area contributed by atoms with Crippen LogP contribution in [0.2, 0.25) is 0 Å². The highest BCUT2D eigenvalue weighted by molar-refractivity contribution is 5.98. The minimum absolute atomic E-state index is 0.138. The fourth-order valence-corrected chi connectivity index (χ4v) is 2.28.